The Morgan fingerprint density at radius 3 is 2.68 bits per heavy atom. The average molecular weight is 402 g/mol. The predicted molar refractivity (Wildman–Crippen MR) is 108 cm³/mol. The maximum absolute atomic E-state index is 12.4. The third-order valence-electron chi connectivity index (χ3n) is 4.20. The number of carbonyl (C=O) groups excluding carboxylic acids is 1. The van der Waals surface area contributed by atoms with Gasteiger partial charge in [-0.25, -0.2) is 14.3 Å². The van der Waals surface area contributed by atoms with Crippen LogP contribution < -0.4 is 4.74 Å². The summed E-state index contributed by atoms with van der Waals surface area (Å²) in [5.41, 5.74) is 1.45. The molecule has 6 nitrogen and oxygen atoms in total. The molecule has 0 fully saturated rings. The second-order valence-corrected chi connectivity index (χ2v) is 8.19. The lowest BCUT2D eigenvalue weighted by Gasteiger charge is -2.19. The Kier molecular flexibility index (Phi) is 5.61. The number of ether oxygens (including phenoxy) is 2. The minimum atomic E-state index is -0.584. The van der Waals surface area contributed by atoms with Crippen LogP contribution in [0.4, 0.5) is 0 Å². The second kappa shape index (κ2) is 7.80. The van der Waals surface area contributed by atoms with Crippen LogP contribution in [0.3, 0.4) is 0 Å². The van der Waals surface area contributed by atoms with Gasteiger partial charge in [0.05, 0.1) is 12.7 Å². The van der Waals surface area contributed by atoms with Crippen LogP contribution in [0.25, 0.3) is 5.65 Å². The highest BCUT2D eigenvalue weighted by atomic mass is 35.5. The van der Waals surface area contributed by atoms with Crippen LogP contribution in [-0.2, 0) is 11.2 Å². The summed E-state index contributed by atoms with van der Waals surface area (Å²) in [5, 5.41) is 5.24. The molecule has 0 bridgehead atoms. The summed E-state index contributed by atoms with van der Waals surface area (Å²) in [6.45, 7) is 7.57. The number of halogens is 1. The van der Waals surface area contributed by atoms with Crippen molar-refractivity contribution < 1.29 is 14.3 Å². The van der Waals surface area contributed by atoms with Crippen LogP contribution >= 0.6 is 11.6 Å². The number of hydrogen-bond donors (Lipinski definition) is 0. The number of fused-ring (bicyclic) bond motifs is 1. The first-order chi connectivity index (χ1) is 13.2. The number of hydrogen-bond acceptors (Lipinski definition) is 5. The third-order valence-corrected chi connectivity index (χ3v) is 4.44. The molecule has 1 atom stereocenters. The predicted octanol–water partition coefficient (Wildman–Crippen LogP) is 4.69. The number of benzene rings is 1. The molecule has 0 aliphatic rings. The monoisotopic (exact) mass is 401 g/mol. The Bertz CT molecular complexity index is 1010. The van der Waals surface area contributed by atoms with Crippen molar-refractivity contribution in [3.05, 3.63) is 58.5 Å². The number of pyridine rings is 1. The highest BCUT2D eigenvalue weighted by molar-refractivity contribution is 6.30. The maximum atomic E-state index is 12.4. The minimum absolute atomic E-state index is 0.187. The standard InChI is InChI=1S/C21H24ClN3O3/c1-13(14-7-6-8-16(22)10-14)9-18-23-19-17(27-5)11-15(12-25(19)24-18)20(26)28-21(2,3)4/h6-8,10-13H,9H2,1-5H3/t13-/m0/s1. The fourth-order valence-electron chi connectivity index (χ4n) is 2.89. The van der Waals surface area contributed by atoms with Gasteiger partial charge in [0.1, 0.15) is 5.60 Å². The Labute approximate surface area is 169 Å². The number of methoxy groups -OCH3 is 1. The van der Waals surface area contributed by atoms with Gasteiger partial charge < -0.3 is 9.47 Å². The van der Waals surface area contributed by atoms with Gasteiger partial charge in [0.2, 0.25) is 0 Å². The van der Waals surface area contributed by atoms with Crippen molar-refractivity contribution in [3.8, 4) is 5.75 Å². The van der Waals surface area contributed by atoms with Crippen LogP contribution in [0.1, 0.15) is 55.4 Å². The average Bonchev–Trinajstić information content (AvgIpc) is 3.01. The summed E-state index contributed by atoms with van der Waals surface area (Å²) in [5.74, 6) is 0.883. The van der Waals surface area contributed by atoms with Gasteiger partial charge in [0.15, 0.2) is 17.2 Å². The molecule has 0 spiro atoms. The SMILES string of the molecule is COc1cc(C(=O)OC(C)(C)C)cn2nc(C[C@H](C)c3cccc(Cl)c3)nc12. The van der Waals surface area contributed by atoms with Crippen molar-refractivity contribution in [2.45, 2.75) is 45.6 Å². The smallest absolute Gasteiger partial charge is 0.340 e. The molecular weight excluding hydrogens is 378 g/mol. The van der Waals surface area contributed by atoms with Crippen LogP contribution in [0.2, 0.25) is 5.02 Å². The van der Waals surface area contributed by atoms with Gasteiger partial charge in [-0.05, 0) is 44.4 Å². The Morgan fingerprint density at radius 2 is 2.04 bits per heavy atom. The number of carbonyl (C=O) groups is 1. The zero-order valence-electron chi connectivity index (χ0n) is 16.7. The van der Waals surface area contributed by atoms with Gasteiger partial charge in [-0.1, -0.05) is 30.7 Å². The number of rotatable bonds is 5. The largest absolute Gasteiger partial charge is 0.493 e. The van der Waals surface area contributed by atoms with Crippen molar-refractivity contribution in [1.29, 1.82) is 0 Å². The third kappa shape index (κ3) is 4.62. The van der Waals surface area contributed by atoms with Gasteiger partial charge >= 0.3 is 5.97 Å². The maximum Gasteiger partial charge on any atom is 0.340 e. The van der Waals surface area contributed by atoms with Crippen molar-refractivity contribution in [2.75, 3.05) is 7.11 Å². The van der Waals surface area contributed by atoms with E-state index in [0.717, 1.165) is 5.56 Å². The summed E-state index contributed by atoms with van der Waals surface area (Å²) in [4.78, 5) is 17.0. The van der Waals surface area contributed by atoms with Crippen LogP contribution in [-0.4, -0.2) is 33.3 Å². The van der Waals surface area contributed by atoms with Crippen molar-refractivity contribution in [2.24, 2.45) is 0 Å². The zero-order valence-corrected chi connectivity index (χ0v) is 17.4. The fourth-order valence-corrected chi connectivity index (χ4v) is 3.09. The van der Waals surface area contributed by atoms with E-state index >= 15 is 0 Å². The van der Waals surface area contributed by atoms with E-state index in [0.29, 0.717) is 34.2 Å². The summed E-state index contributed by atoms with van der Waals surface area (Å²) in [7, 11) is 1.54. The molecule has 0 unspecified atom stereocenters. The second-order valence-electron chi connectivity index (χ2n) is 7.76. The molecule has 0 radical (unpaired) electrons. The summed E-state index contributed by atoms with van der Waals surface area (Å²) in [6.07, 6.45) is 2.25. The zero-order chi connectivity index (χ0) is 20.5. The van der Waals surface area contributed by atoms with Gasteiger partial charge in [-0.3, -0.25) is 0 Å². The van der Waals surface area contributed by atoms with Crippen molar-refractivity contribution in [3.63, 3.8) is 0 Å². The van der Waals surface area contributed by atoms with E-state index in [2.05, 4.69) is 17.0 Å². The quantitative estimate of drug-likeness (QED) is 0.580. The fraction of sp³-hybridized carbons (Fsp3) is 0.381. The lowest BCUT2D eigenvalue weighted by Crippen LogP contribution is -2.24. The highest BCUT2D eigenvalue weighted by Crippen LogP contribution is 2.25. The molecule has 28 heavy (non-hydrogen) atoms. The first-order valence-electron chi connectivity index (χ1n) is 9.08. The van der Waals surface area contributed by atoms with Crippen LogP contribution in [0, 0.1) is 0 Å². The van der Waals surface area contributed by atoms with E-state index in [9.17, 15) is 4.79 Å². The number of esters is 1. The summed E-state index contributed by atoms with van der Waals surface area (Å²) < 4.78 is 12.4. The molecule has 0 aliphatic heterocycles. The van der Waals surface area contributed by atoms with Crippen molar-refractivity contribution >= 4 is 23.2 Å². The molecule has 0 N–H and O–H groups in total. The summed E-state index contributed by atoms with van der Waals surface area (Å²) in [6, 6.07) is 9.39. The number of aromatic nitrogens is 3. The molecule has 0 saturated carbocycles. The first kappa shape index (κ1) is 20.1. The normalized spacial score (nSPS) is 12.8. The van der Waals surface area contributed by atoms with E-state index < -0.39 is 11.6 Å². The lowest BCUT2D eigenvalue weighted by atomic mass is 9.98. The van der Waals surface area contributed by atoms with Gasteiger partial charge in [0.25, 0.3) is 0 Å². The molecule has 0 amide bonds. The molecule has 3 aromatic rings. The van der Waals surface area contributed by atoms with E-state index in [1.165, 1.54) is 7.11 Å². The first-order valence-corrected chi connectivity index (χ1v) is 9.46. The molecule has 2 aromatic heterocycles. The molecule has 7 heteroatoms. The Hall–Kier alpha value is -2.60. The topological polar surface area (TPSA) is 65.7 Å². The lowest BCUT2D eigenvalue weighted by molar-refractivity contribution is 0.00685. The minimum Gasteiger partial charge on any atom is -0.493 e. The van der Waals surface area contributed by atoms with Gasteiger partial charge in [0, 0.05) is 23.7 Å². The van der Waals surface area contributed by atoms with E-state index in [1.54, 1.807) is 16.8 Å². The van der Waals surface area contributed by atoms with E-state index in [4.69, 9.17) is 21.1 Å². The van der Waals surface area contributed by atoms with Crippen LogP contribution in [0.5, 0.6) is 5.75 Å². The van der Waals surface area contributed by atoms with Crippen molar-refractivity contribution in [1.82, 2.24) is 14.6 Å². The van der Waals surface area contributed by atoms with Gasteiger partial charge in [-0.15, -0.1) is 0 Å². The molecule has 0 saturated heterocycles. The molecule has 3 rings (SSSR count). The summed E-state index contributed by atoms with van der Waals surface area (Å²) >= 11 is 6.09. The van der Waals surface area contributed by atoms with E-state index in [-0.39, 0.29) is 5.92 Å². The Morgan fingerprint density at radius 1 is 1.29 bits per heavy atom. The van der Waals surface area contributed by atoms with E-state index in [1.807, 2.05) is 45.0 Å². The Balaban J connectivity index is 1.91. The molecule has 0 aliphatic carbocycles. The number of nitrogens with zero attached hydrogens (tertiary/aromatic N) is 3. The molecule has 2 heterocycles. The van der Waals surface area contributed by atoms with Gasteiger partial charge in [-0.2, -0.15) is 5.10 Å². The molecular formula is C21H24ClN3O3. The van der Waals surface area contributed by atoms with Crippen LogP contribution in [0.15, 0.2) is 36.5 Å². The molecule has 1 aromatic carbocycles. The highest BCUT2D eigenvalue weighted by Gasteiger charge is 2.21. The molecule has 148 valence electrons.